The fourth-order valence-electron chi connectivity index (χ4n) is 4.73. The van der Waals surface area contributed by atoms with Gasteiger partial charge in [0.1, 0.15) is 5.60 Å². The number of para-hydroxylation sites is 1. The molecule has 0 unspecified atom stereocenters. The van der Waals surface area contributed by atoms with Crippen molar-refractivity contribution in [1.29, 1.82) is 5.26 Å². The lowest BCUT2D eigenvalue weighted by Gasteiger charge is -2.35. The molecule has 0 aliphatic rings. The maximum absolute atomic E-state index is 12.7. The standard InChI is InChI=1S/C32H31N3O3/c1-23(21-33)32(25-15-9-6-10-16-25,26-17-11-7-12-18-26)29-24(2)34-35(27-19-13-8-14-20-27)30(29)37-22-28(36)38-31(3,4)5/h6-20H,1,22H2,2-5H3. The maximum Gasteiger partial charge on any atom is 0.344 e. The molecule has 0 fully saturated rings. The number of aryl methyl sites for hydroxylation is 1. The first-order valence-electron chi connectivity index (χ1n) is 12.4. The van der Waals surface area contributed by atoms with Crippen LogP contribution in [0.5, 0.6) is 5.88 Å². The number of benzene rings is 3. The quantitative estimate of drug-likeness (QED) is 0.207. The second kappa shape index (κ2) is 10.8. The van der Waals surface area contributed by atoms with E-state index < -0.39 is 17.0 Å². The van der Waals surface area contributed by atoms with Crippen molar-refractivity contribution >= 4 is 5.97 Å². The molecule has 0 N–H and O–H groups in total. The predicted octanol–water partition coefficient (Wildman–Crippen LogP) is 6.32. The van der Waals surface area contributed by atoms with Crippen LogP contribution < -0.4 is 4.74 Å². The summed E-state index contributed by atoms with van der Waals surface area (Å²) in [6.07, 6.45) is 0. The van der Waals surface area contributed by atoms with E-state index in [4.69, 9.17) is 14.6 Å². The van der Waals surface area contributed by atoms with E-state index in [9.17, 15) is 10.1 Å². The number of nitrogens with zero attached hydrogens (tertiary/aromatic N) is 3. The lowest BCUT2D eigenvalue weighted by molar-refractivity contribution is -0.157. The molecular weight excluding hydrogens is 474 g/mol. The zero-order valence-corrected chi connectivity index (χ0v) is 22.1. The van der Waals surface area contributed by atoms with Gasteiger partial charge in [0.15, 0.2) is 6.61 Å². The first-order valence-corrected chi connectivity index (χ1v) is 12.4. The highest BCUT2D eigenvalue weighted by molar-refractivity contribution is 5.72. The van der Waals surface area contributed by atoms with E-state index in [1.165, 1.54) is 0 Å². The minimum absolute atomic E-state index is 0.299. The molecule has 4 rings (SSSR count). The van der Waals surface area contributed by atoms with Crippen LogP contribution in [-0.2, 0) is 14.9 Å². The summed E-state index contributed by atoms with van der Waals surface area (Å²) in [5.41, 5.74) is 2.19. The number of hydrogen-bond donors (Lipinski definition) is 0. The second-order valence-corrected chi connectivity index (χ2v) is 9.96. The van der Waals surface area contributed by atoms with E-state index in [1.807, 2.05) is 97.9 Å². The Labute approximate surface area is 223 Å². The topological polar surface area (TPSA) is 77.1 Å². The minimum atomic E-state index is -1.13. The Morgan fingerprint density at radius 3 is 1.89 bits per heavy atom. The molecular formula is C32H31N3O3. The molecule has 3 aromatic carbocycles. The summed E-state index contributed by atoms with van der Waals surface area (Å²) in [5.74, 6) is -0.172. The van der Waals surface area contributed by atoms with Crippen LogP contribution in [0.25, 0.3) is 5.69 Å². The molecule has 0 saturated carbocycles. The van der Waals surface area contributed by atoms with E-state index in [-0.39, 0.29) is 6.61 Å². The van der Waals surface area contributed by atoms with Crippen molar-refractivity contribution in [1.82, 2.24) is 9.78 Å². The van der Waals surface area contributed by atoms with Gasteiger partial charge < -0.3 is 9.47 Å². The van der Waals surface area contributed by atoms with Crippen molar-refractivity contribution in [3.63, 3.8) is 0 Å². The number of carbonyl (C=O) groups excluding carboxylic acids is 1. The molecule has 0 bridgehead atoms. The SMILES string of the molecule is C=C(C#N)C(c1ccccc1)(c1ccccc1)c1c(C)nn(-c2ccccc2)c1OCC(=O)OC(C)(C)C. The smallest absolute Gasteiger partial charge is 0.344 e. The average molecular weight is 506 g/mol. The Kier molecular flexibility index (Phi) is 7.50. The van der Waals surface area contributed by atoms with E-state index in [0.717, 1.165) is 16.8 Å². The third-order valence-electron chi connectivity index (χ3n) is 6.14. The number of nitriles is 1. The van der Waals surface area contributed by atoms with Crippen LogP contribution in [0.2, 0.25) is 0 Å². The molecule has 6 nitrogen and oxygen atoms in total. The summed E-state index contributed by atoms with van der Waals surface area (Å²) < 4.78 is 13.4. The van der Waals surface area contributed by atoms with Gasteiger partial charge in [0.25, 0.3) is 0 Å². The molecule has 192 valence electrons. The molecule has 1 heterocycles. The van der Waals surface area contributed by atoms with Crippen molar-refractivity contribution in [2.45, 2.75) is 38.7 Å². The molecule has 0 aliphatic carbocycles. The molecule has 0 saturated heterocycles. The van der Waals surface area contributed by atoms with Crippen molar-refractivity contribution in [3.8, 4) is 17.6 Å². The van der Waals surface area contributed by atoms with Crippen LogP contribution in [0, 0.1) is 18.3 Å². The minimum Gasteiger partial charge on any atom is -0.465 e. The first-order chi connectivity index (χ1) is 18.2. The summed E-state index contributed by atoms with van der Waals surface area (Å²) in [6.45, 7) is 11.2. The van der Waals surface area contributed by atoms with Gasteiger partial charge in [0, 0.05) is 5.57 Å². The Balaban J connectivity index is 2.04. The Morgan fingerprint density at radius 2 is 1.42 bits per heavy atom. The summed E-state index contributed by atoms with van der Waals surface area (Å²) in [7, 11) is 0. The highest BCUT2D eigenvalue weighted by Crippen LogP contribution is 2.49. The number of esters is 1. The van der Waals surface area contributed by atoms with Crippen molar-refractivity contribution < 1.29 is 14.3 Å². The molecule has 1 aromatic heterocycles. The molecule has 6 heteroatoms. The normalized spacial score (nSPS) is 11.4. The number of ether oxygens (including phenoxy) is 2. The van der Waals surface area contributed by atoms with Gasteiger partial charge in [-0.25, -0.2) is 9.48 Å². The van der Waals surface area contributed by atoms with Crippen LogP contribution in [0.1, 0.15) is 43.2 Å². The average Bonchev–Trinajstić information content (AvgIpc) is 3.25. The van der Waals surface area contributed by atoms with Gasteiger partial charge >= 0.3 is 5.97 Å². The zero-order chi connectivity index (χ0) is 27.3. The molecule has 0 aliphatic heterocycles. The number of hydrogen-bond acceptors (Lipinski definition) is 5. The van der Waals surface area contributed by atoms with Crippen LogP contribution >= 0.6 is 0 Å². The monoisotopic (exact) mass is 505 g/mol. The molecule has 38 heavy (non-hydrogen) atoms. The number of allylic oxidation sites excluding steroid dienone is 1. The lowest BCUT2D eigenvalue weighted by Crippen LogP contribution is -2.33. The Bertz CT molecular complexity index is 1420. The zero-order valence-electron chi connectivity index (χ0n) is 22.1. The second-order valence-electron chi connectivity index (χ2n) is 9.96. The molecule has 0 spiro atoms. The lowest BCUT2D eigenvalue weighted by atomic mass is 9.65. The van der Waals surface area contributed by atoms with Gasteiger partial charge in [-0.05, 0) is 51.0 Å². The molecule has 0 amide bonds. The largest absolute Gasteiger partial charge is 0.465 e. The van der Waals surface area contributed by atoms with Crippen molar-refractivity contribution in [2.75, 3.05) is 6.61 Å². The van der Waals surface area contributed by atoms with E-state index in [2.05, 4.69) is 12.6 Å². The Hall–Kier alpha value is -4.63. The fraction of sp³-hybridized carbons (Fsp3) is 0.219. The van der Waals surface area contributed by atoms with Gasteiger partial charge in [-0.1, -0.05) is 85.4 Å². The van der Waals surface area contributed by atoms with Crippen molar-refractivity contribution in [2.24, 2.45) is 0 Å². The predicted molar refractivity (Wildman–Crippen MR) is 147 cm³/mol. The molecule has 0 radical (unpaired) electrons. The van der Waals surface area contributed by atoms with Crippen LogP contribution in [0.3, 0.4) is 0 Å². The summed E-state index contributed by atoms with van der Waals surface area (Å²) in [6, 6.07) is 31.3. The highest BCUT2D eigenvalue weighted by atomic mass is 16.6. The Morgan fingerprint density at radius 1 is 0.921 bits per heavy atom. The number of rotatable bonds is 8. The summed E-state index contributed by atoms with van der Waals surface area (Å²) >= 11 is 0. The summed E-state index contributed by atoms with van der Waals surface area (Å²) in [4.78, 5) is 12.7. The van der Waals surface area contributed by atoms with Gasteiger partial charge in [0.2, 0.25) is 5.88 Å². The van der Waals surface area contributed by atoms with Gasteiger partial charge in [-0.3, -0.25) is 0 Å². The highest BCUT2D eigenvalue weighted by Gasteiger charge is 2.45. The number of aromatic nitrogens is 2. The van der Waals surface area contributed by atoms with Gasteiger partial charge in [-0.15, -0.1) is 0 Å². The van der Waals surface area contributed by atoms with Crippen molar-refractivity contribution in [3.05, 3.63) is 126 Å². The van der Waals surface area contributed by atoms with E-state index in [0.29, 0.717) is 22.7 Å². The number of carbonyl (C=O) groups is 1. The summed E-state index contributed by atoms with van der Waals surface area (Å²) in [5, 5.41) is 15.2. The van der Waals surface area contributed by atoms with Crippen LogP contribution in [-0.4, -0.2) is 28.0 Å². The van der Waals surface area contributed by atoms with Crippen LogP contribution in [0.15, 0.2) is 103 Å². The van der Waals surface area contributed by atoms with E-state index in [1.54, 1.807) is 25.5 Å². The van der Waals surface area contributed by atoms with E-state index >= 15 is 0 Å². The van der Waals surface area contributed by atoms with Gasteiger partial charge in [0.05, 0.1) is 28.4 Å². The fourth-order valence-corrected chi connectivity index (χ4v) is 4.73. The first kappa shape index (κ1) is 26.4. The van der Waals surface area contributed by atoms with Crippen LogP contribution in [0.4, 0.5) is 0 Å². The maximum atomic E-state index is 12.7. The third-order valence-corrected chi connectivity index (χ3v) is 6.14. The third kappa shape index (κ3) is 5.09. The van der Waals surface area contributed by atoms with Gasteiger partial charge in [-0.2, -0.15) is 10.4 Å². The molecule has 0 atom stereocenters. The molecule has 4 aromatic rings.